The minimum Gasteiger partial charge on any atom is -0.361 e. The Kier molecular flexibility index (Phi) is 4.96. The topological polar surface area (TPSA) is 105 Å². The van der Waals surface area contributed by atoms with Crippen molar-refractivity contribution >= 4 is 29.1 Å². The molecule has 0 aromatic carbocycles. The third-order valence-electron chi connectivity index (χ3n) is 5.13. The molecule has 2 amide bonds. The average molecular weight is 427 g/mol. The van der Waals surface area contributed by atoms with E-state index in [9.17, 15) is 18.8 Å². The van der Waals surface area contributed by atoms with E-state index >= 15 is 0 Å². The van der Waals surface area contributed by atoms with E-state index in [0.717, 1.165) is 6.20 Å². The molecule has 0 fully saturated rings. The van der Waals surface area contributed by atoms with Crippen molar-refractivity contribution in [2.75, 3.05) is 24.3 Å². The highest BCUT2D eigenvalue weighted by Crippen LogP contribution is 2.25. The minimum absolute atomic E-state index is 0.116. The Hall–Kier alpha value is -3.76. The predicted octanol–water partition coefficient (Wildman–Crippen LogP) is 1.10. The monoisotopic (exact) mass is 427 g/mol. The molecule has 1 aliphatic heterocycles. The number of nitrogens with one attached hydrogen (secondary N) is 1. The second-order valence-corrected chi connectivity index (χ2v) is 7.82. The number of aromatic nitrogens is 4. The van der Waals surface area contributed by atoms with Crippen molar-refractivity contribution in [2.45, 2.75) is 33.0 Å². The fraction of sp³-hybridized carbons (Fsp3) is 0.350. The molecule has 0 saturated carbocycles. The van der Waals surface area contributed by atoms with E-state index in [1.54, 1.807) is 30.0 Å². The number of carbonyl (C=O) groups is 2. The molecule has 0 aliphatic carbocycles. The van der Waals surface area contributed by atoms with Crippen molar-refractivity contribution < 1.29 is 14.0 Å². The summed E-state index contributed by atoms with van der Waals surface area (Å²) >= 11 is 0. The SMILES string of the molecule is CC(C)N1Cc2c(n(CC(=O)Nc3ccc(F)cn3)c3cc(N(C)C)nn3c2=O)C1=O. The lowest BCUT2D eigenvalue weighted by atomic mass is 10.2. The van der Waals surface area contributed by atoms with Crippen LogP contribution in [0.15, 0.2) is 29.2 Å². The Labute approximate surface area is 176 Å². The molecule has 4 rings (SSSR count). The first kappa shape index (κ1) is 20.5. The van der Waals surface area contributed by atoms with Gasteiger partial charge in [0.15, 0.2) is 5.82 Å². The van der Waals surface area contributed by atoms with Gasteiger partial charge in [0.05, 0.1) is 18.3 Å². The van der Waals surface area contributed by atoms with Gasteiger partial charge in [0.1, 0.15) is 29.5 Å². The highest BCUT2D eigenvalue weighted by Gasteiger charge is 2.36. The lowest BCUT2D eigenvalue weighted by Gasteiger charge is -2.20. The van der Waals surface area contributed by atoms with Gasteiger partial charge in [-0.25, -0.2) is 9.37 Å². The maximum Gasteiger partial charge on any atom is 0.280 e. The van der Waals surface area contributed by atoms with Gasteiger partial charge in [-0.15, -0.1) is 5.10 Å². The normalized spacial score (nSPS) is 13.2. The highest BCUT2D eigenvalue weighted by molar-refractivity contribution is 5.98. The molecule has 31 heavy (non-hydrogen) atoms. The quantitative estimate of drug-likeness (QED) is 0.654. The van der Waals surface area contributed by atoms with Gasteiger partial charge in [-0.2, -0.15) is 4.52 Å². The molecule has 0 spiro atoms. The first-order valence-corrected chi connectivity index (χ1v) is 9.72. The molecule has 1 aliphatic rings. The van der Waals surface area contributed by atoms with Crippen molar-refractivity contribution in [2.24, 2.45) is 0 Å². The van der Waals surface area contributed by atoms with Crippen molar-refractivity contribution in [3.8, 4) is 0 Å². The first-order valence-electron chi connectivity index (χ1n) is 9.72. The van der Waals surface area contributed by atoms with Crippen LogP contribution < -0.4 is 15.8 Å². The van der Waals surface area contributed by atoms with Gasteiger partial charge in [-0.3, -0.25) is 14.4 Å². The summed E-state index contributed by atoms with van der Waals surface area (Å²) in [5.74, 6) is -0.617. The van der Waals surface area contributed by atoms with Crippen LogP contribution in [-0.2, 0) is 17.9 Å². The molecule has 1 N–H and O–H groups in total. The Morgan fingerprint density at radius 1 is 1.29 bits per heavy atom. The lowest BCUT2D eigenvalue weighted by molar-refractivity contribution is -0.116. The number of halogens is 1. The molecule has 0 atom stereocenters. The fourth-order valence-corrected chi connectivity index (χ4v) is 3.54. The average Bonchev–Trinajstić information content (AvgIpc) is 3.30. The van der Waals surface area contributed by atoms with Gasteiger partial charge >= 0.3 is 0 Å². The summed E-state index contributed by atoms with van der Waals surface area (Å²) in [6.45, 7) is 3.63. The van der Waals surface area contributed by atoms with E-state index in [-0.39, 0.29) is 42.1 Å². The van der Waals surface area contributed by atoms with Crippen LogP contribution in [0.25, 0.3) is 5.65 Å². The number of pyridine rings is 1. The summed E-state index contributed by atoms with van der Waals surface area (Å²) < 4.78 is 15.8. The first-order chi connectivity index (χ1) is 14.7. The summed E-state index contributed by atoms with van der Waals surface area (Å²) in [5, 5.41) is 6.93. The number of hydrogen-bond donors (Lipinski definition) is 1. The van der Waals surface area contributed by atoms with E-state index in [4.69, 9.17) is 0 Å². The summed E-state index contributed by atoms with van der Waals surface area (Å²) in [4.78, 5) is 46.1. The number of amides is 2. The van der Waals surface area contributed by atoms with Crippen LogP contribution in [0.1, 0.15) is 29.9 Å². The Bertz CT molecular complexity index is 1240. The van der Waals surface area contributed by atoms with Gasteiger partial charge < -0.3 is 19.7 Å². The third kappa shape index (κ3) is 3.51. The molecule has 0 radical (unpaired) electrons. The summed E-state index contributed by atoms with van der Waals surface area (Å²) in [6.07, 6.45) is 0.995. The second kappa shape index (κ2) is 7.49. The van der Waals surface area contributed by atoms with Crippen LogP contribution in [0, 0.1) is 5.82 Å². The molecule has 10 nitrogen and oxygen atoms in total. The zero-order chi connectivity index (χ0) is 22.4. The van der Waals surface area contributed by atoms with Crippen LogP contribution in [-0.4, -0.2) is 56.0 Å². The van der Waals surface area contributed by atoms with Gasteiger partial charge in [0.2, 0.25) is 5.91 Å². The molecule has 0 saturated heterocycles. The van der Waals surface area contributed by atoms with Crippen LogP contribution >= 0.6 is 0 Å². The molecule has 3 aromatic rings. The van der Waals surface area contributed by atoms with E-state index in [1.165, 1.54) is 21.2 Å². The molecule has 4 heterocycles. The Morgan fingerprint density at radius 3 is 2.65 bits per heavy atom. The minimum atomic E-state index is -0.521. The van der Waals surface area contributed by atoms with Crippen molar-refractivity contribution in [3.05, 3.63) is 51.8 Å². The zero-order valence-corrected chi connectivity index (χ0v) is 17.6. The summed E-state index contributed by atoms with van der Waals surface area (Å²) in [6, 6.07) is 4.06. The predicted molar refractivity (Wildman–Crippen MR) is 112 cm³/mol. The smallest absolute Gasteiger partial charge is 0.280 e. The van der Waals surface area contributed by atoms with Gasteiger partial charge in [0.25, 0.3) is 11.5 Å². The van der Waals surface area contributed by atoms with E-state index in [2.05, 4.69) is 15.4 Å². The number of rotatable bonds is 5. The van der Waals surface area contributed by atoms with Crippen LogP contribution in [0.4, 0.5) is 16.0 Å². The largest absolute Gasteiger partial charge is 0.361 e. The maximum atomic E-state index is 13.1. The lowest BCUT2D eigenvalue weighted by Crippen LogP contribution is -2.32. The number of anilines is 2. The number of carbonyl (C=O) groups excluding carboxylic acids is 2. The molecule has 11 heteroatoms. The van der Waals surface area contributed by atoms with Gasteiger partial charge in [-0.05, 0) is 26.0 Å². The van der Waals surface area contributed by atoms with Gasteiger partial charge in [-0.1, -0.05) is 0 Å². The van der Waals surface area contributed by atoms with E-state index in [1.807, 2.05) is 13.8 Å². The number of nitrogens with zero attached hydrogens (tertiary/aromatic N) is 6. The molecule has 3 aromatic heterocycles. The second-order valence-electron chi connectivity index (χ2n) is 7.82. The molecule has 162 valence electrons. The molecular weight excluding hydrogens is 405 g/mol. The van der Waals surface area contributed by atoms with Crippen molar-refractivity contribution in [3.63, 3.8) is 0 Å². The summed E-state index contributed by atoms with van der Waals surface area (Å²) in [7, 11) is 3.56. The highest BCUT2D eigenvalue weighted by atomic mass is 19.1. The standard InChI is InChI=1S/C20H22FN7O3/c1-11(2)26-9-13-18(20(26)31)27(10-16(29)23-14-6-5-12(21)8-22-14)17-7-15(25(3)4)24-28(17)19(13)30/h5-8,11H,9-10H2,1-4H3,(H,22,23,29). The van der Waals surface area contributed by atoms with Crippen LogP contribution in [0.3, 0.4) is 0 Å². The number of fused-ring (bicyclic) bond motifs is 2. The van der Waals surface area contributed by atoms with Crippen molar-refractivity contribution in [1.29, 1.82) is 0 Å². The fourth-order valence-electron chi connectivity index (χ4n) is 3.54. The Balaban J connectivity index is 1.82. The van der Waals surface area contributed by atoms with Crippen LogP contribution in [0.2, 0.25) is 0 Å². The molecule has 0 bridgehead atoms. The number of hydrogen-bond acceptors (Lipinski definition) is 6. The summed E-state index contributed by atoms with van der Waals surface area (Å²) in [5.41, 5.74) is 0.422. The Morgan fingerprint density at radius 2 is 2.03 bits per heavy atom. The molecule has 0 unspecified atom stereocenters. The van der Waals surface area contributed by atoms with Crippen molar-refractivity contribution in [1.82, 2.24) is 24.1 Å². The zero-order valence-electron chi connectivity index (χ0n) is 17.6. The van der Waals surface area contributed by atoms with E-state index in [0.29, 0.717) is 17.0 Å². The van der Waals surface area contributed by atoms with Gasteiger partial charge in [0, 0.05) is 26.2 Å². The third-order valence-corrected chi connectivity index (χ3v) is 5.13. The molecular formula is C20H22FN7O3. The van der Waals surface area contributed by atoms with Crippen LogP contribution in [0.5, 0.6) is 0 Å². The van der Waals surface area contributed by atoms with E-state index < -0.39 is 11.7 Å². The maximum absolute atomic E-state index is 13.1.